The van der Waals surface area contributed by atoms with Crippen molar-refractivity contribution in [2.45, 2.75) is 52.9 Å². The number of anilines is 2. The van der Waals surface area contributed by atoms with Crippen LogP contribution in [-0.2, 0) is 0 Å². The molecule has 0 aromatic carbocycles. The first-order chi connectivity index (χ1) is 9.56. The molecule has 1 aromatic rings. The lowest BCUT2D eigenvalue weighted by atomic mass is 9.85. The Bertz CT molecular complexity index is 452. The fraction of sp³-hybridized carbons (Fsp3) is 0.750. The second-order valence-corrected chi connectivity index (χ2v) is 6.12. The first-order valence-corrected chi connectivity index (χ1v) is 7.88. The number of hydrogen-bond donors (Lipinski definition) is 1. The van der Waals surface area contributed by atoms with E-state index in [2.05, 4.69) is 42.9 Å². The summed E-state index contributed by atoms with van der Waals surface area (Å²) in [6.07, 6.45) is 4.14. The van der Waals surface area contributed by atoms with Crippen molar-refractivity contribution in [3.8, 4) is 0 Å². The molecule has 0 bridgehead atoms. The lowest BCUT2D eigenvalue weighted by molar-refractivity contribution is 0.318. The van der Waals surface area contributed by atoms with Crippen LogP contribution in [0.15, 0.2) is 0 Å². The summed E-state index contributed by atoms with van der Waals surface area (Å²) in [6.45, 7) is 10.8. The third-order valence-electron chi connectivity index (χ3n) is 4.28. The molecule has 0 unspecified atom stereocenters. The molecule has 1 aliphatic carbocycles. The summed E-state index contributed by atoms with van der Waals surface area (Å²) in [6, 6.07) is 0. The highest BCUT2D eigenvalue weighted by Crippen LogP contribution is 2.31. The first kappa shape index (κ1) is 15.1. The van der Waals surface area contributed by atoms with E-state index < -0.39 is 0 Å². The van der Waals surface area contributed by atoms with E-state index in [9.17, 15) is 0 Å². The van der Waals surface area contributed by atoms with E-state index in [4.69, 9.17) is 4.98 Å². The van der Waals surface area contributed by atoms with Gasteiger partial charge in [0.1, 0.15) is 17.5 Å². The van der Waals surface area contributed by atoms with Gasteiger partial charge in [0, 0.05) is 31.6 Å². The fourth-order valence-electron chi connectivity index (χ4n) is 2.68. The lowest BCUT2D eigenvalue weighted by Gasteiger charge is -2.33. The number of nitrogens with one attached hydrogen (secondary N) is 1. The van der Waals surface area contributed by atoms with Gasteiger partial charge in [-0.05, 0) is 32.6 Å². The summed E-state index contributed by atoms with van der Waals surface area (Å²) < 4.78 is 0. The summed E-state index contributed by atoms with van der Waals surface area (Å²) in [5, 5.41) is 3.21. The highest BCUT2D eigenvalue weighted by molar-refractivity contribution is 5.58. The Morgan fingerprint density at radius 3 is 2.45 bits per heavy atom. The van der Waals surface area contributed by atoms with E-state index in [0.717, 1.165) is 42.0 Å². The van der Waals surface area contributed by atoms with Crippen LogP contribution in [0.1, 0.15) is 57.3 Å². The Labute approximate surface area is 123 Å². The Morgan fingerprint density at radius 1 is 1.30 bits per heavy atom. The third-order valence-corrected chi connectivity index (χ3v) is 4.28. The van der Waals surface area contributed by atoms with Crippen LogP contribution in [0.25, 0.3) is 0 Å². The third kappa shape index (κ3) is 3.05. The monoisotopic (exact) mass is 276 g/mol. The van der Waals surface area contributed by atoms with Crippen molar-refractivity contribution < 1.29 is 0 Å². The van der Waals surface area contributed by atoms with E-state index in [-0.39, 0.29) is 0 Å². The average Bonchev–Trinajstić information content (AvgIpc) is 2.38. The van der Waals surface area contributed by atoms with Crippen molar-refractivity contribution in [2.24, 2.45) is 5.92 Å². The molecule has 4 nitrogen and oxygen atoms in total. The minimum Gasteiger partial charge on any atom is -0.373 e. The van der Waals surface area contributed by atoms with Gasteiger partial charge in [0.2, 0.25) is 0 Å². The molecule has 0 amide bonds. The first-order valence-electron chi connectivity index (χ1n) is 7.88. The predicted octanol–water partition coefficient (Wildman–Crippen LogP) is 3.58. The standard InChI is InChI=1S/C16H28N4/c1-6-20(10-13-8-7-9-13)16-12(4)15(17-5)18-14(19-16)11(2)3/h11,13H,6-10H2,1-5H3,(H,17,18,19). The minimum absolute atomic E-state index is 0.351. The highest BCUT2D eigenvalue weighted by Gasteiger charge is 2.23. The molecule has 1 aromatic heterocycles. The van der Waals surface area contributed by atoms with Gasteiger partial charge < -0.3 is 10.2 Å². The molecule has 1 N–H and O–H groups in total. The average molecular weight is 276 g/mol. The topological polar surface area (TPSA) is 41.1 Å². The van der Waals surface area contributed by atoms with Crippen LogP contribution >= 0.6 is 0 Å². The van der Waals surface area contributed by atoms with Crippen molar-refractivity contribution in [2.75, 3.05) is 30.4 Å². The Morgan fingerprint density at radius 2 is 2.00 bits per heavy atom. The summed E-state index contributed by atoms with van der Waals surface area (Å²) >= 11 is 0. The molecule has 112 valence electrons. The molecule has 0 radical (unpaired) electrons. The van der Waals surface area contributed by atoms with Crippen molar-refractivity contribution in [1.29, 1.82) is 0 Å². The van der Waals surface area contributed by atoms with E-state index in [0.29, 0.717) is 5.92 Å². The summed E-state index contributed by atoms with van der Waals surface area (Å²) in [5.74, 6) is 4.21. The van der Waals surface area contributed by atoms with Crippen LogP contribution in [0.5, 0.6) is 0 Å². The minimum atomic E-state index is 0.351. The molecule has 1 saturated carbocycles. The lowest BCUT2D eigenvalue weighted by Crippen LogP contribution is -2.34. The highest BCUT2D eigenvalue weighted by atomic mass is 15.2. The van der Waals surface area contributed by atoms with Crippen LogP contribution in [0.2, 0.25) is 0 Å². The van der Waals surface area contributed by atoms with E-state index >= 15 is 0 Å². The molecule has 0 spiro atoms. The Kier molecular flexibility index (Phi) is 4.84. The van der Waals surface area contributed by atoms with Crippen LogP contribution in [0.4, 0.5) is 11.6 Å². The van der Waals surface area contributed by atoms with E-state index in [1.165, 1.54) is 19.3 Å². The summed E-state index contributed by atoms with van der Waals surface area (Å²) in [4.78, 5) is 11.9. The molecular formula is C16H28N4. The zero-order valence-electron chi connectivity index (χ0n) is 13.5. The van der Waals surface area contributed by atoms with Gasteiger partial charge in [-0.15, -0.1) is 0 Å². The van der Waals surface area contributed by atoms with Crippen LogP contribution in [0, 0.1) is 12.8 Å². The van der Waals surface area contributed by atoms with Gasteiger partial charge in [-0.25, -0.2) is 9.97 Å². The zero-order valence-corrected chi connectivity index (χ0v) is 13.5. The largest absolute Gasteiger partial charge is 0.373 e. The molecule has 0 saturated heterocycles. The SMILES string of the molecule is CCN(CC1CCC1)c1nc(C(C)C)nc(NC)c1C. The van der Waals surface area contributed by atoms with Gasteiger partial charge in [-0.2, -0.15) is 0 Å². The molecule has 4 heteroatoms. The van der Waals surface area contributed by atoms with Crippen molar-refractivity contribution >= 4 is 11.6 Å². The molecular weight excluding hydrogens is 248 g/mol. The second kappa shape index (κ2) is 6.42. The molecule has 0 aliphatic heterocycles. The van der Waals surface area contributed by atoms with Gasteiger partial charge in [-0.3, -0.25) is 0 Å². The number of nitrogens with zero attached hydrogens (tertiary/aromatic N) is 3. The maximum Gasteiger partial charge on any atom is 0.137 e. The Balaban J connectivity index is 2.33. The summed E-state index contributed by atoms with van der Waals surface area (Å²) in [7, 11) is 1.94. The van der Waals surface area contributed by atoms with Crippen molar-refractivity contribution in [1.82, 2.24) is 9.97 Å². The molecule has 1 heterocycles. The van der Waals surface area contributed by atoms with Crippen LogP contribution in [-0.4, -0.2) is 30.1 Å². The van der Waals surface area contributed by atoms with Gasteiger partial charge in [0.25, 0.3) is 0 Å². The maximum atomic E-state index is 4.84. The molecule has 2 rings (SSSR count). The number of rotatable bonds is 6. The number of aromatic nitrogens is 2. The quantitative estimate of drug-likeness (QED) is 0.862. The van der Waals surface area contributed by atoms with Crippen molar-refractivity contribution in [3.05, 3.63) is 11.4 Å². The van der Waals surface area contributed by atoms with Gasteiger partial charge in [-0.1, -0.05) is 20.3 Å². The maximum absolute atomic E-state index is 4.84. The molecule has 0 atom stereocenters. The van der Waals surface area contributed by atoms with Crippen LogP contribution < -0.4 is 10.2 Å². The molecule has 20 heavy (non-hydrogen) atoms. The van der Waals surface area contributed by atoms with Gasteiger partial charge in [0.05, 0.1) is 0 Å². The Hall–Kier alpha value is -1.32. The fourth-order valence-corrected chi connectivity index (χ4v) is 2.68. The second-order valence-electron chi connectivity index (χ2n) is 6.12. The van der Waals surface area contributed by atoms with E-state index in [1.54, 1.807) is 0 Å². The normalized spacial score (nSPS) is 15.3. The molecule has 1 aliphatic rings. The summed E-state index contributed by atoms with van der Waals surface area (Å²) in [5.41, 5.74) is 1.16. The van der Waals surface area contributed by atoms with Crippen LogP contribution in [0.3, 0.4) is 0 Å². The van der Waals surface area contributed by atoms with Crippen molar-refractivity contribution in [3.63, 3.8) is 0 Å². The van der Waals surface area contributed by atoms with Gasteiger partial charge in [0.15, 0.2) is 0 Å². The number of hydrogen-bond acceptors (Lipinski definition) is 4. The zero-order chi connectivity index (χ0) is 14.7. The predicted molar refractivity (Wildman–Crippen MR) is 85.6 cm³/mol. The van der Waals surface area contributed by atoms with E-state index in [1.807, 2.05) is 7.05 Å². The van der Waals surface area contributed by atoms with Gasteiger partial charge >= 0.3 is 0 Å². The smallest absolute Gasteiger partial charge is 0.137 e. The molecule has 1 fully saturated rings.